The summed E-state index contributed by atoms with van der Waals surface area (Å²) in [4.78, 5) is 16.6. The molecule has 2 aromatic heterocycles. The van der Waals surface area contributed by atoms with Gasteiger partial charge in [-0.15, -0.1) is 0 Å². The summed E-state index contributed by atoms with van der Waals surface area (Å²) in [7, 11) is 0. The number of rotatable bonds is 5. The molecule has 0 aliphatic heterocycles. The molecule has 23 heavy (non-hydrogen) atoms. The molecule has 6 nitrogen and oxygen atoms in total. The summed E-state index contributed by atoms with van der Waals surface area (Å²) in [5.74, 6) is 0.974. The van der Waals surface area contributed by atoms with Gasteiger partial charge in [-0.25, -0.2) is 0 Å². The highest BCUT2D eigenvalue weighted by Gasteiger charge is 2.25. The lowest BCUT2D eigenvalue weighted by atomic mass is 10.2. The molecule has 1 aliphatic carbocycles. The van der Waals surface area contributed by atoms with Crippen LogP contribution in [-0.4, -0.2) is 26.7 Å². The predicted octanol–water partition coefficient (Wildman–Crippen LogP) is 2.48. The lowest BCUT2D eigenvalue weighted by Gasteiger charge is -2.07. The van der Waals surface area contributed by atoms with Crippen molar-refractivity contribution in [2.75, 3.05) is 0 Å². The quantitative estimate of drug-likeness (QED) is 0.786. The van der Waals surface area contributed by atoms with Crippen molar-refractivity contribution in [3.8, 4) is 11.5 Å². The second-order valence-corrected chi connectivity index (χ2v) is 5.65. The molecule has 0 unspecified atom stereocenters. The van der Waals surface area contributed by atoms with Crippen LogP contribution in [0.15, 0.2) is 53.2 Å². The molecular formula is C17H16N4O2. The molecule has 0 spiro atoms. The van der Waals surface area contributed by atoms with Gasteiger partial charge < -0.3 is 14.4 Å². The Hall–Kier alpha value is -2.89. The topological polar surface area (TPSA) is 73.0 Å². The van der Waals surface area contributed by atoms with Crippen molar-refractivity contribution in [3.05, 3.63) is 60.2 Å². The van der Waals surface area contributed by atoms with Gasteiger partial charge in [-0.2, -0.15) is 4.98 Å². The summed E-state index contributed by atoms with van der Waals surface area (Å²) in [6, 6.07) is 13.6. The Kier molecular flexibility index (Phi) is 3.42. The maximum Gasteiger partial charge on any atom is 0.268 e. The van der Waals surface area contributed by atoms with Crippen molar-refractivity contribution in [2.24, 2.45) is 0 Å². The van der Waals surface area contributed by atoms with Gasteiger partial charge in [-0.05, 0) is 37.1 Å². The first-order valence-electron chi connectivity index (χ1n) is 7.63. The van der Waals surface area contributed by atoms with E-state index < -0.39 is 0 Å². The number of aromatic nitrogens is 3. The van der Waals surface area contributed by atoms with Gasteiger partial charge in [0.15, 0.2) is 5.82 Å². The summed E-state index contributed by atoms with van der Waals surface area (Å²) >= 11 is 0. The Morgan fingerprint density at radius 3 is 2.83 bits per heavy atom. The largest absolute Gasteiger partial charge is 0.348 e. The molecule has 0 bridgehead atoms. The van der Waals surface area contributed by atoms with Gasteiger partial charge in [0.05, 0.1) is 6.54 Å². The summed E-state index contributed by atoms with van der Waals surface area (Å²) in [5, 5.41) is 6.99. The van der Waals surface area contributed by atoms with Crippen LogP contribution in [0, 0.1) is 0 Å². The number of benzene rings is 1. The van der Waals surface area contributed by atoms with E-state index in [2.05, 4.69) is 15.5 Å². The van der Waals surface area contributed by atoms with E-state index in [0.717, 1.165) is 18.4 Å². The van der Waals surface area contributed by atoms with E-state index >= 15 is 0 Å². The standard InChI is InChI=1S/C17H16N4O2/c22-16(18-13-8-9-13)14-7-4-10-21(14)11-15-19-17(23-20-15)12-5-2-1-3-6-12/h1-7,10,13H,8-9,11H2,(H,18,22). The molecule has 0 saturated heterocycles. The molecular weight excluding hydrogens is 292 g/mol. The zero-order chi connectivity index (χ0) is 15.6. The van der Waals surface area contributed by atoms with Gasteiger partial charge >= 0.3 is 0 Å². The van der Waals surface area contributed by atoms with Crippen LogP contribution in [0.1, 0.15) is 29.2 Å². The third-order valence-corrected chi connectivity index (χ3v) is 3.78. The highest BCUT2D eigenvalue weighted by molar-refractivity contribution is 5.93. The molecule has 0 radical (unpaired) electrons. The number of hydrogen-bond donors (Lipinski definition) is 1. The van der Waals surface area contributed by atoms with Crippen molar-refractivity contribution in [1.82, 2.24) is 20.0 Å². The van der Waals surface area contributed by atoms with E-state index in [1.165, 1.54) is 0 Å². The second kappa shape index (κ2) is 5.72. The molecule has 4 rings (SSSR count). The zero-order valence-corrected chi connectivity index (χ0v) is 12.5. The number of nitrogens with zero attached hydrogens (tertiary/aromatic N) is 3. The molecule has 6 heteroatoms. The molecule has 2 heterocycles. The minimum Gasteiger partial charge on any atom is -0.348 e. The summed E-state index contributed by atoms with van der Waals surface area (Å²) < 4.78 is 7.13. The first kappa shape index (κ1) is 13.8. The molecule has 1 fully saturated rings. The van der Waals surface area contributed by atoms with Crippen LogP contribution in [-0.2, 0) is 6.54 Å². The van der Waals surface area contributed by atoms with E-state index in [9.17, 15) is 4.79 Å². The highest BCUT2D eigenvalue weighted by atomic mass is 16.5. The van der Waals surface area contributed by atoms with Crippen LogP contribution in [0.5, 0.6) is 0 Å². The normalized spacial score (nSPS) is 13.9. The predicted molar refractivity (Wildman–Crippen MR) is 83.8 cm³/mol. The lowest BCUT2D eigenvalue weighted by Crippen LogP contribution is -2.27. The van der Waals surface area contributed by atoms with Gasteiger partial charge in [0.25, 0.3) is 11.8 Å². The molecule has 1 N–H and O–H groups in total. The fraction of sp³-hybridized carbons (Fsp3) is 0.235. The average molecular weight is 308 g/mol. The molecule has 116 valence electrons. The van der Waals surface area contributed by atoms with E-state index in [0.29, 0.717) is 30.0 Å². The molecule has 1 amide bonds. The molecule has 1 aliphatic rings. The second-order valence-electron chi connectivity index (χ2n) is 5.65. The fourth-order valence-electron chi connectivity index (χ4n) is 2.41. The van der Waals surface area contributed by atoms with Crippen molar-refractivity contribution in [2.45, 2.75) is 25.4 Å². The summed E-state index contributed by atoms with van der Waals surface area (Å²) in [6.45, 7) is 0.400. The number of hydrogen-bond acceptors (Lipinski definition) is 4. The van der Waals surface area contributed by atoms with Gasteiger partial charge in [-0.3, -0.25) is 4.79 Å². The zero-order valence-electron chi connectivity index (χ0n) is 12.5. The Morgan fingerprint density at radius 2 is 2.04 bits per heavy atom. The number of carbonyl (C=O) groups is 1. The molecule has 1 aromatic carbocycles. The minimum absolute atomic E-state index is 0.0516. The Morgan fingerprint density at radius 1 is 1.22 bits per heavy atom. The van der Waals surface area contributed by atoms with Crippen molar-refractivity contribution in [3.63, 3.8) is 0 Å². The SMILES string of the molecule is O=C(NC1CC1)c1cccn1Cc1noc(-c2ccccc2)n1. The van der Waals surface area contributed by atoms with Crippen LogP contribution in [0.25, 0.3) is 11.5 Å². The van der Waals surface area contributed by atoms with Crippen LogP contribution < -0.4 is 5.32 Å². The van der Waals surface area contributed by atoms with E-state index in [4.69, 9.17) is 4.52 Å². The molecule has 3 aromatic rings. The van der Waals surface area contributed by atoms with Gasteiger partial charge in [0, 0.05) is 17.8 Å². The third kappa shape index (κ3) is 3.01. The van der Waals surface area contributed by atoms with Crippen LogP contribution >= 0.6 is 0 Å². The fourth-order valence-corrected chi connectivity index (χ4v) is 2.41. The van der Waals surface area contributed by atoms with Crippen LogP contribution in [0.3, 0.4) is 0 Å². The van der Waals surface area contributed by atoms with E-state index in [1.807, 2.05) is 47.2 Å². The first-order chi connectivity index (χ1) is 11.3. The summed E-state index contributed by atoms with van der Waals surface area (Å²) in [5.41, 5.74) is 1.49. The number of carbonyl (C=O) groups excluding carboxylic acids is 1. The van der Waals surface area contributed by atoms with Gasteiger partial charge in [0.2, 0.25) is 0 Å². The Balaban J connectivity index is 1.51. The van der Waals surface area contributed by atoms with Crippen LogP contribution in [0.4, 0.5) is 0 Å². The Labute approximate surface area is 133 Å². The number of nitrogens with one attached hydrogen (secondary N) is 1. The lowest BCUT2D eigenvalue weighted by molar-refractivity contribution is 0.0942. The Bertz CT molecular complexity index is 818. The van der Waals surface area contributed by atoms with Crippen molar-refractivity contribution < 1.29 is 9.32 Å². The smallest absolute Gasteiger partial charge is 0.268 e. The highest BCUT2D eigenvalue weighted by Crippen LogP contribution is 2.20. The third-order valence-electron chi connectivity index (χ3n) is 3.78. The van der Waals surface area contributed by atoms with Crippen molar-refractivity contribution >= 4 is 5.91 Å². The van der Waals surface area contributed by atoms with Gasteiger partial charge in [-0.1, -0.05) is 23.4 Å². The van der Waals surface area contributed by atoms with Crippen LogP contribution in [0.2, 0.25) is 0 Å². The van der Waals surface area contributed by atoms with E-state index in [1.54, 1.807) is 6.07 Å². The average Bonchev–Trinajstić information content (AvgIpc) is 3.09. The first-order valence-corrected chi connectivity index (χ1v) is 7.63. The van der Waals surface area contributed by atoms with Gasteiger partial charge in [0.1, 0.15) is 5.69 Å². The monoisotopic (exact) mass is 308 g/mol. The maximum atomic E-state index is 12.2. The molecule has 0 atom stereocenters. The molecule has 1 saturated carbocycles. The summed E-state index contributed by atoms with van der Waals surface area (Å²) in [6.07, 6.45) is 3.98. The minimum atomic E-state index is -0.0516. The van der Waals surface area contributed by atoms with E-state index in [-0.39, 0.29) is 5.91 Å². The van der Waals surface area contributed by atoms with Crippen molar-refractivity contribution in [1.29, 1.82) is 0 Å². The maximum absolute atomic E-state index is 12.2. The number of amides is 1.